The Morgan fingerprint density at radius 1 is 1.37 bits per heavy atom. The van der Waals surface area contributed by atoms with Crippen LogP contribution in [-0.4, -0.2) is 16.5 Å². The molecule has 0 amide bonds. The Hall–Kier alpha value is -0.960. The highest BCUT2D eigenvalue weighted by molar-refractivity contribution is 5.23. The molecule has 3 heteroatoms. The van der Waals surface area contributed by atoms with Crippen molar-refractivity contribution in [2.45, 2.75) is 65.3 Å². The number of fused-ring (bicyclic) bond motifs is 1. The number of aromatic nitrogens is 2. The standard InChI is InChI=1S/C16H27N3/c1-4-17-14-7-5-6-8-15-13(14)11-18-16(19-15)10-9-12(2)3/h11-12,14,17H,4-10H2,1-3H3. The lowest BCUT2D eigenvalue weighted by Crippen LogP contribution is -2.22. The molecule has 1 atom stereocenters. The van der Waals surface area contributed by atoms with Crippen LogP contribution in [0.4, 0.5) is 0 Å². The average molecular weight is 261 g/mol. The van der Waals surface area contributed by atoms with Crippen molar-refractivity contribution >= 4 is 0 Å². The molecule has 0 saturated carbocycles. The van der Waals surface area contributed by atoms with E-state index in [0.29, 0.717) is 6.04 Å². The van der Waals surface area contributed by atoms with Crippen molar-refractivity contribution in [3.8, 4) is 0 Å². The predicted octanol–water partition coefficient (Wildman–Crippen LogP) is 3.44. The van der Waals surface area contributed by atoms with Gasteiger partial charge in [-0.2, -0.15) is 0 Å². The first-order valence-electron chi connectivity index (χ1n) is 7.78. The molecule has 1 aliphatic rings. The molecule has 0 bridgehead atoms. The van der Waals surface area contributed by atoms with Crippen molar-refractivity contribution in [2.24, 2.45) is 5.92 Å². The third-order valence-corrected chi connectivity index (χ3v) is 3.88. The Morgan fingerprint density at radius 2 is 2.21 bits per heavy atom. The van der Waals surface area contributed by atoms with E-state index in [1.807, 2.05) is 0 Å². The van der Waals surface area contributed by atoms with Gasteiger partial charge in [0.05, 0.1) is 0 Å². The average Bonchev–Trinajstić information content (AvgIpc) is 2.59. The minimum Gasteiger partial charge on any atom is -0.310 e. The van der Waals surface area contributed by atoms with E-state index in [-0.39, 0.29) is 0 Å². The fraction of sp³-hybridized carbons (Fsp3) is 0.750. The maximum absolute atomic E-state index is 4.83. The van der Waals surface area contributed by atoms with E-state index in [1.54, 1.807) is 0 Å². The predicted molar refractivity (Wildman–Crippen MR) is 79.2 cm³/mol. The summed E-state index contributed by atoms with van der Waals surface area (Å²) in [6, 6.07) is 0.460. The van der Waals surface area contributed by atoms with E-state index in [2.05, 4.69) is 37.3 Å². The SMILES string of the molecule is CCNC1CCCCc2nc(CCC(C)C)ncc21. The van der Waals surface area contributed by atoms with Gasteiger partial charge in [-0.3, -0.25) is 0 Å². The van der Waals surface area contributed by atoms with E-state index in [1.165, 1.54) is 36.9 Å². The molecule has 1 N–H and O–H groups in total. The van der Waals surface area contributed by atoms with Crippen LogP contribution < -0.4 is 5.32 Å². The van der Waals surface area contributed by atoms with Crippen molar-refractivity contribution in [3.05, 3.63) is 23.3 Å². The summed E-state index contributed by atoms with van der Waals surface area (Å²) in [6.45, 7) is 7.69. The van der Waals surface area contributed by atoms with E-state index in [4.69, 9.17) is 4.98 Å². The molecular formula is C16H27N3. The second-order valence-corrected chi connectivity index (χ2v) is 5.98. The fourth-order valence-corrected chi connectivity index (χ4v) is 2.75. The lowest BCUT2D eigenvalue weighted by Gasteiger charge is -2.18. The Morgan fingerprint density at radius 3 is 2.95 bits per heavy atom. The molecule has 0 aromatic carbocycles. The topological polar surface area (TPSA) is 37.8 Å². The monoisotopic (exact) mass is 261 g/mol. The second-order valence-electron chi connectivity index (χ2n) is 5.98. The maximum Gasteiger partial charge on any atom is 0.128 e. The molecule has 1 aliphatic carbocycles. The van der Waals surface area contributed by atoms with Gasteiger partial charge < -0.3 is 5.32 Å². The lowest BCUT2D eigenvalue weighted by atomic mass is 10.0. The van der Waals surface area contributed by atoms with Crippen LogP contribution in [0.1, 0.15) is 69.6 Å². The van der Waals surface area contributed by atoms with Crippen LogP contribution in [0.3, 0.4) is 0 Å². The van der Waals surface area contributed by atoms with Crippen molar-refractivity contribution < 1.29 is 0 Å². The highest BCUT2D eigenvalue weighted by Gasteiger charge is 2.19. The smallest absolute Gasteiger partial charge is 0.128 e. The molecule has 1 aromatic heterocycles. The fourth-order valence-electron chi connectivity index (χ4n) is 2.75. The van der Waals surface area contributed by atoms with Gasteiger partial charge >= 0.3 is 0 Å². The molecule has 106 valence electrons. The first-order valence-corrected chi connectivity index (χ1v) is 7.78. The number of rotatable bonds is 5. The summed E-state index contributed by atoms with van der Waals surface area (Å²) < 4.78 is 0. The van der Waals surface area contributed by atoms with Crippen molar-refractivity contribution in [1.82, 2.24) is 15.3 Å². The van der Waals surface area contributed by atoms with Crippen LogP contribution in [-0.2, 0) is 12.8 Å². The molecule has 1 heterocycles. The highest BCUT2D eigenvalue weighted by Crippen LogP contribution is 2.27. The second kappa shape index (κ2) is 6.99. The molecule has 1 aromatic rings. The van der Waals surface area contributed by atoms with E-state index in [9.17, 15) is 0 Å². The molecule has 0 saturated heterocycles. The van der Waals surface area contributed by atoms with Crippen LogP contribution in [0.5, 0.6) is 0 Å². The molecule has 1 unspecified atom stereocenters. The molecule has 0 aliphatic heterocycles. The summed E-state index contributed by atoms with van der Waals surface area (Å²) in [6.07, 6.45) is 9.15. The summed E-state index contributed by atoms with van der Waals surface area (Å²) in [5, 5.41) is 3.57. The first kappa shape index (κ1) is 14.4. The number of nitrogens with zero attached hydrogens (tertiary/aromatic N) is 2. The number of aryl methyl sites for hydroxylation is 2. The third kappa shape index (κ3) is 4.00. The Bertz CT molecular complexity index is 401. The summed E-state index contributed by atoms with van der Waals surface area (Å²) in [7, 11) is 0. The molecule has 3 nitrogen and oxygen atoms in total. The van der Waals surface area contributed by atoms with Gasteiger partial charge in [-0.25, -0.2) is 9.97 Å². The van der Waals surface area contributed by atoms with Gasteiger partial charge in [0.1, 0.15) is 5.82 Å². The van der Waals surface area contributed by atoms with E-state index < -0.39 is 0 Å². The number of nitrogens with one attached hydrogen (secondary N) is 1. The van der Waals surface area contributed by atoms with Gasteiger partial charge in [-0.15, -0.1) is 0 Å². The molecule has 2 rings (SSSR count). The Kier molecular flexibility index (Phi) is 5.32. The van der Waals surface area contributed by atoms with Crippen molar-refractivity contribution in [2.75, 3.05) is 6.54 Å². The van der Waals surface area contributed by atoms with Crippen LogP contribution >= 0.6 is 0 Å². The molecular weight excluding hydrogens is 234 g/mol. The first-order chi connectivity index (χ1) is 9.20. The normalized spacial score (nSPS) is 19.3. The zero-order valence-electron chi connectivity index (χ0n) is 12.6. The summed E-state index contributed by atoms with van der Waals surface area (Å²) in [5.74, 6) is 1.75. The van der Waals surface area contributed by atoms with Crippen LogP contribution in [0.15, 0.2) is 6.20 Å². The van der Waals surface area contributed by atoms with Crippen molar-refractivity contribution in [1.29, 1.82) is 0 Å². The third-order valence-electron chi connectivity index (χ3n) is 3.88. The maximum atomic E-state index is 4.83. The molecule has 0 radical (unpaired) electrons. The zero-order valence-corrected chi connectivity index (χ0v) is 12.6. The van der Waals surface area contributed by atoms with Crippen LogP contribution in [0.2, 0.25) is 0 Å². The minimum absolute atomic E-state index is 0.460. The molecule has 0 spiro atoms. The number of hydrogen-bond acceptors (Lipinski definition) is 3. The molecule has 0 fully saturated rings. The quantitative estimate of drug-likeness (QED) is 0.825. The van der Waals surface area contributed by atoms with Gasteiger partial charge in [0.25, 0.3) is 0 Å². The Labute approximate surface area is 117 Å². The van der Waals surface area contributed by atoms with E-state index in [0.717, 1.165) is 31.1 Å². The summed E-state index contributed by atoms with van der Waals surface area (Å²) in [5.41, 5.74) is 2.63. The van der Waals surface area contributed by atoms with E-state index >= 15 is 0 Å². The lowest BCUT2D eigenvalue weighted by molar-refractivity contribution is 0.501. The number of hydrogen-bond donors (Lipinski definition) is 1. The van der Waals surface area contributed by atoms with Crippen LogP contribution in [0, 0.1) is 5.92 Å². The van der Waals surface area contributed by atoms with Gasteiger partial charge in [-0.05, 0) is 38.1 Å². The van der Waals surface area contributed by atoms with Crippen LogP contribution in [0.25, 0.3) is 0 Å². The summed E-state index contributed by atoms with van der Waals surface area (Å²) >= 11 is 0. The van der Waals surface area contributed by atoms with Gasteiger partial charge in [-0.1, -0.05) is 27.2 Å². The molecule has 19 heavy (non-hydrogen) atoms. The minimum atomic E-state index is 0.460. The van der Waals surface area contributed by atoms with Gasteiger partial charge in [0.15, 0.2) is 0 Å². The highest BCUT2D eigenvalue weighted by atomic mass is 14.9. The zero-order chi connectivity index (χ0) is 13.7. The Balaban J connectivity index is 2.15. The van der Waals surface area contributed by atoms with Crippen molar-refractivity contribution in [3.63, 3.8) is 0 Å². The van der Waals surface area contributed by atoms with Gasteiger partial charge in [0, 0.05) is 29.9 Å². The summed E-state index contributed by atoms with van der Waals surface area (Å²) in [4.78, 5) is 9.41. The van der Waals surface area contributed by atoms with Gasteiger partial charge in [0.2, 0.25) is 0 Å². The largest absolute Gasteiger partial charge is 0.310 e.